The second kappa shape index (κ2) is 10.1. The molecule has 34 heavy (non-hydrogen) atoms. The molecule has 0 spiro atoms. The van der Waals surface area contributed by atoms with Gasteiger partial charge in [0.2, 0.25) is 0 Å². The van der Waals surface area contributed by atoms with Gasteiger partial charge < -0.3 is 14.8 Å². The van der Waals surface area contributed by atoms with Crippen molar-refractivity contribution in [2.75, 3.05) is 31.6 Å². The number of carbonyl (C=O) groups excluding carboxylic acids is 2. The zero-order valence-electron chi connectivity index (χ0n) is 19.0. The van der Waals surface area contributed by atoms with Crippen LogP contribution in [0, 0.1) is 5.92 Å². The van der Waals surface area contributed by atoms with Gasteiger partial charge in [-0.05, 0) is 74.0 Å². The lowest BCUT2D eigenvalue weighted by Gasteiger charge is -2.31. The van der Waals surface area contributed by atoms with Gasteiger partial charge in [-0.3, -0.25) is 14.5 Å². The van der Waals surface area contributed by atoms with Crippen molar-refractivity contribution >= 4 is 17.4 Å². The number of para-hydroxylation sites is 1. The largest absolute Gasteiger partial charge is 0.486 e. The van der Waals surface area contributed by atoms with Gasteiger partial charge in [-0.15, -0.1) is 0 Å². The number of hydrogen-bond acceptors (Lipinski definition) is 5. The highest BCUT2D eigenvalue weighted by Crippen LogP contribution is 2.32. The van der Waals surface area contributed by atoms with E-state index < -0.39 is 0 Å². The Kier molecular flexibility index (Phi) is 6.58. The molecule has 1 N–H and O–H groups in total. The number of amides is 1. The molecule has 3 aromatic carbocycles. The highest BCUT2D eigenvalue weighted by molar-refractivity contribution is 6.04. The first-order valence-corrected chi connectivity index (χ1v) is 11.8. The summed E-state index contributed by atoms with van der Waals surface area (Å²) in [6.45, 7) is 3.51. The lowest BCUT2D eigenvalue weighted by Crippen LogP contribution is -2.36. The fourth-order valence-corrected chi connectivity index (χ4v) is 4.58. The normalized spacial score (nSPS) is 16.1. The summed E-state index contributed by atoms with van der Waals surface area (Å²) in [5.74, 6) is 1.44. The minimum absolute atomic E-state index is 0.0155. The first-order valence-electron chi connectivity index (χ1n) is 11.8. The van der Waals surface area contributed by atoms with Gasteiger partial charge in [-0.1, -0.05) is 30.3 Å². The summed E-state index contributed by atoms with van der Waals surface area (Å²) in [6.07, 6.45) is 1.64. The topological polar surface area (TPSA) is 67.9 Å². The number of nitrogens with one attached hydrogen (secondary N) is 1. The number of ketones is 1. The predicted molar refractivity (Wildman–Crippen MR) is 131 cm³/mol. The molecule has 0 aromatic heterocycles. The zero-order valence-corrected chi connectivity index (χ0v) is 19.0. The van der Waals surface area contributed by atoms with Crippen LogP contribution < -0.4 is 14.8 Å². The maximum Gasteiger partial charge on any atom is 0.255 e. The molecule has 1 saturated heterocycles. The van der Waals surface area contributed by atoms with E-state index in [1.807, 2.05) is 72.8 Å². The molecule has 5 rings (SSSR count). The van der Waals surface area contributed by atoms with Crippen LogP contribution in [0.3, 0.4) is 0 Å². The summed E-state index contributed by atoms with van der Waals surface area (Å²) in [7, 11) is 0. The molecule has 2 heterocycles. The quantitative estimate of drug-likeness (QED) is 0.540. The molecule has 0 atom stereocenters. The van der Waals surface area contributed by atoms with Gasteiger partial charge >= 0.3 is 0 Å². The lowest BCUT2D eigenvalue weighted by atomic mass is 9.88. The third kappa shape index (κ3) is 5.13. The molecule has 0 saturated carbocycles. The Hall–Kier alpha value is -3.64. The third-order valence-corrected chi connectivity index (χ3v) is 6.41. The fraction of sp³-hybridized carbons (Fsp3) is 0.286. The first-order chi connectivity index (χ1) is 16.7. The third-order valence-electron chi connectivity index (χ3n) is 6.41. The van der Waals surface area contributed by atoms with E-state index in [2.05, 4.69) is 10.2 Å². The molecule has 2 aliphatic rings. The van der Waals surface area contributed by atoms with Crippen LogP contribution in [0.25, 0.3) is 0 Å². The summed E-state index contributed by atoms with van der Waals surface area (Å²) >= 11 is 0. The molecular formula is C28H28N2O4. The Labute approximate surface area is 199 Å². The molecule has 1 amide bonds. The molecule has 0 aliphatic carbocycles. The van der Waals surface area contributed by atoms with Crippen LogP contribution in [0.15, 0.2) is 72.8 Å². The fourth-order valence-electron chi connectivity index (χ4n) is 4.58. The van der Waals surface area contributed by atoms with Crippen molar-refractivity contribution in [1.82, 2.24) is 4.90 Å². The molecule has 1 fully saturated rings. The number of piperidine rings is 1. The highest BCUT2D eigenvalue weighted by Gasteiger charge is 2.27. The van der Waals surface area contributed by atoms with Crippen molar-refractivity contribution in [3.05, 3.63) is 89.5 Å². The first kappa shape index (κ1) is 22.2. The smallest absolute Gasteiger partial charge is 0.255 e. The van der Waals surface area contributed by atoms with Crippen LogP contribution in [0.2, 0.25) is 0 Å². The van der Waals surface area contributed by atoms with E-state index in [1.165, 1.54) is 0 Å². The standard InChI is InChI=1S/C28H28N2O4/c31-27(22-9-10-25-26(18-22)34-16-15-33-25)21-11-13-30(14-12-21)19-20-5-4-6-23(17-20)28(32)29-24-7-2-1-3-8-24/h1-10,17-18,21H,11-16,19H2,(H,29,32). The Bertz CT molecular complexity index is 1170. The molecule has 0 bridgehead atoms. The number of carbonyl (C=O) groups is 2. The molecule has 6 nitrogen and oxygen atoms in total. The second-order valence-electron chi connectivity index (χ2n) is 8.79. The summed E-state index contributed by atoms with van der Waals surface area (Å²) in [4.78, 5) is 28.0. The number of Topliss-reactive ketones (excluding diaryl/α,β-unsaturated/α-hetero) is 1. The maximum atomic E-state index is 13.1. The van der Waals surface area contributed by atoms with Crippen LogP contribution in [0.5, 0.6) is 11.5 Å². The number of fused-ring (bicyclic) bond motifs is 1. The van der Waals surface area contributed by atoms with Crippen molar-refractivity contribution in [3.63, 3.8) is 0 Å². The van der Waals surface area contributed by atoms with E-state index in [4.69, 9.17) is 9.47 Å². The summed E-state index contributed by atoms with van der Waals surface area (Å²) < 4.78 is 11.2. The number of anilines is 1. The maximum absolute atomic E-state index is 13.1. The molecule has 6 heteroatoms. The van der Waals surface area contributed by atoms with E-state index in [0.29, 0.717) is 35.8 Å². The van der Waals surface area contributed by atoms with Gasteiger partial charge in [0.25, 0.3) is 5.91 Å². The predicted octanol–water partition coefficient (Wildman–Crippen LogP) is 4.81. The van der Waals surface area contributed by atoms with Crippen molar-refractivity contribution in [2.45, 2.75) is 19.4 Å². The van der Waals surface area contributed by atoms with E-state index in [0.717, 1.165) is 43.7 Å². The summed E-state index contributed by atoms with van der Waals surface area (Å²) in [6, 6.07) is 22.7. The number of likely N-dealkylation sites (tertiary alicyclic amines) is 1. The molecule has 0 unspecified atom stereocenters. The van der Waals surface area contributed by atoms with Crippen molar-refractivity contribution in [2.24, 2.45) is 5.92 Å². The number of rotatable bonds is 6. The minimum Gasteiger partial charge on any atom is -0.486 e. The van der Waals surface area contributed by atoms with Crippen LogP contribution in [0.4, 0.5) is 5.69 Å². The van der Waals surface area contributed by atoms with Crippen molar-refractivity contribution < 1.29 is 19.1 Å². The van der Waals surface area contributed by atoms with Crippen molar-refractivity contribution in [3.8, 4) is 11.5 Å². The van der Waals surface area contributed by atoms with Gasteiger partial charge in [0.15, 0.2) is 17.3 Å². The van der Waals surface area contributed by atoms with Crippen LogP contribution in [-0.4, -0.2) is 42.9 Å². The summed E-state index contributed by atoms with van der Waals surface area (Å²) in [5, 5.41) is 2.94. The van der Waals surface area contributed by atoms with Gasteiger partial charge in [0.1, 0.15) is 13.2 Å². The van der Waals surface area contributed by atoms with Crippen molar-refractivity contribution in [1.29, 1.82) is 0 Å². The average molecular weight is 457 g/mol. The molecule has 3 aromatic rings. The van der Waals surface area contributed by atoms with E-state index in [1.54, 1.807) is 0 Å². The van der Waals surface area contributed by atoms with E-state index in [9.17, 15) is 9.59 Å². The van der Waals surface area contributed by atoms with Crippen LogP contribution in [-0.2, 0) is 6.54 Å². The van der Waals surface area contributed by atoms with Gasteiger partial charge in [0, 0.05) is 29.3 Å². The van der Waals surface area contributed by atoms with Crippen LogP contribution in [0.1, 0.15) is 39.1 Å². The molecular weight excluding hydrogens is 428 g/mol. The molecule has 0 radical (unpaired) electrons. The molecule has 174 valence electrons. The Balaban J connectivity index is 1.16. The number of hydrogen-bond donors (Lipinski definition) is 1. The second-order valence-corrected chi connectivity index (χ2v) is 8.79. The number of nitrogens with zero attached hydrogens (tertiary/aromatic N) is 1. The van der Waals surface area contributed by atoms with E-state index >= 15 is 0 Å². The Morgan fingerprint density at radius 1 is 0.824 bits per heavy atom. The summed E-state index contributed by atoms with van der Waals surface area (Å²) in [5.41, 5.74) is 3.21. The molecule has 2 aliphatic heterocycles. The SMILES string of the molecule is O=C(Nc1ccccc1)c1cccc(CN2CCC(C(=O)c3ccc4c(c3)OCCO4)CC2)c1. The number of ether oxygens (including phenoxy) is 2. The average Bonchev–Trinajstić information content (AvgIpc) is 2.89. The zero-order chi connectivity index (χ0) is 23.3. The Morgan fingerprint density at radius 2 is 1.59 bits per heavy atom. The lowest BCUT2D eigenvalue weighted by molar-refractivity contribution is 0.0833. The highest BCUT2D eigenvalue weighted by atomic mass is 16.6. The number of benzene rings is 3. The van der Waals surface area contributed by atoms with Gasteiger partial charge in [-0.2, -0.15) is 0 Å². The minimum atomic E-state index is -0.114. The van der Waals surface area contributed by atoms with Gasteiger partial charge in [-0.25, -0.2) is 0 Å². The van der Waals surface area contributed by atoms with E-state index in [-0.39, 0.29) is 17.6 Å². The van der Waals surface area contributed by atoms with Gasteiger partial charge in [0.05, 0.1) is 0 Å². The monoisotopic (exact) mass is 456 g/mol. The Morgan fingerprint density at radius 3 is 2.38 bits per heavy atom. The van der Waals surface area contributed by atoms with Crippen LogP contribution >= 0.6 is 0 Å².